The van der Waals surface area contributed by atoms with Gasteiger partial charge in [0.2, 0.25) is 0 Å². The predicted molar refractivity (Wildman–Crippen MR) is 70.9 cm³/mol. The summed E-state index contributed by atoms with van der Waals surface area (Å²) in [7, 11) is 0. The second kappa shape index (κ2) is 6.36. The summed E-state index contributed by atoms with van der Waals surface area (Å²) in [5.74, 6) is -0.514. The van der Waals surface area contributed by atoms with E-state index in [9.17, 15) is 9.18 Å². The van der Waals surface area contributed by atoms with Crippen LogP contribution in [0, 0.1) is 11.7 Å². The van der Waals surface area contributed by atoms with Gasteiger partial charge in [0.05, 0.1) is 15.4 Å². The van der Waals surface area contributed by atoms with Crippen LogP contribution in [0.25, 0.3) is 0 Å². The third-order valence-electron chi connectivity index (χ3n) is 2.38. The summed E-state index contributed by atoms with van der Waals surface area (Å²) in [5, 5.41) is 2.55. The van der Waals surface area contributed by atoms with Crippen LogP contribution in [0.4, 0.5) is 4.39 Å². The molecule has 1 N–H and O–H groups in total. The molecular weight excluding hydrogens is 308 g/mol. The third kappa shape index (κ3) is 3.96. The zero-order chi connectivity index (χ0) is 13.0. The van der Waals surface area contributed by atoms with Gasteiger partial charge in [-0.15, -0.1) is 11.6 Å². The van der Waals surface area contributed by atoms with E-state index in [0.29, 0.717) is 6.54 Å². The van der Waals surface area contributed by atoms with Gasteiger partial charge in [-0.2, -0.15) is 0 Å². The summed E-state index contributed by atoms with van der Waals surface area (Å²) in [4.78, 5) is 11.8. The molecule has 17 heavy (non-hydrogen) atoms. The molecule has 1 unspecified atom stereocenters. The van der Waals surface area contributed by atoms with Crippen molar-refractivity contribution in [2.45, 2.75) is 19.2 Å². The number of carbonyl (C=O) groups excluding carboxylic acids is 1. The molecule has 0 aliphatic heterocycles. The fourth-order valence-electron chi connectivity index (χ4n) is 1.20. The molecule has 0 bridgehead atoms. The molecule has 2 nitrogen and oxygen atoms in total. The van der Waals surface area contributed by atoms with Crippen LogP contribution in [-0.4, -0.2) is 17.8 Å². The van der Waals surface area contributed by atoms with E-state index in [1.54, 1.807) is 6.07 Å². The fraction of sp³-hybridized carbons (Fsp3) is 0.417. The molecule has 94 valence electrons. The van der Waals surface area contributed by atoms with E-state index >= 15 is 0 Å². The lowest BCUT2D eigenvalue weighted by Crippen LogP contribution is -2.32. The van der Waals surface area contributed by atoms with Crippen LogP contribution < -0.4 is 5.32 Å². The van der Waals surface area contributed by atoms with E-state index in [1.807, 2.05) is 13.8 Å². The molecule has 1 aromatic carbocycles. The van der Waals surface area contributed by atoms with E-state index < -0.39 is 5.82 Å². The molecule has 0 heterocycles. The van der Waals surface area contributed by atoms with Gasteiger partial charge in [-0.1, -0.05) is 19.9 Å². The lowest BCUT2D eigenvalue weighted by Gasteiger charge is -2.14. The molecule has 1 rings (SSSR count). The first-order valence-electron chi connectivity index (χ1n) is 5.29. The van der Waals surface area contributed by atoms with E-state index in [1.165, 1.54) is 12.1 Å². The van der Waals surface area contributed by atoms with Crippen LogP contribution >= 0.6 is 27.5 Å². The van der Waals surface area contributed by atoms with E-state index in [0.717, 1.165) is 0 Å². The van der Waals surface area contributed by atoms with Crippen molar-refractivity contribution in [3.63, 3.8) is 0 Å². The number of carbonyl (C=O) groups is 1. The average molecular weight is 323 g/mol. The molecule has 0 aliphatic carbocycles. The molecular formula is C12H14BrClFNO. The van der Waals surface area contributed by atoms with Crippen LogP contribution in [0.2, 0.25) is 0 Å². The van der Waals surface area contributed by atoms with Gasteiger partial charge in [-0.05, 0) is 34.0 Å². The summed E-state index contributed by atoms with van der Waals surface area (Å²) in [5.41, 5.74) is 0.276. The topological polar surface area (TPSA) is 29.1 Å². The Morgan fingerprint density at radius 2 is 2.18 bits per heavy atom. The third-order valence-corrected chi connectivity index (χ3v) is 3.84. The highest BCUT2D eigenvalue weighted by molar-refractivity contribution is 9.10. The van der Waals surface area contributed by atoms with Crippen molar-refractivity contribution in [1.82, 2.24) is 5.32 Å². The summed E-state index contributed by atoms with van der Waals surface area (Å²) in [6.45, 7) is 4.31. The zero-order valence-electron chi connectivity index (χ0n) is 9.64. The first kappa shape index (κ1) is 14.5. The Hall–Kier alpha value is -0.610. The Balaban J connectivity index is 2.68. The number of hydrogen-bond donors (Lipinski definition) is 1. The molecule has 0 saturated heterocycles. The monoisotopic (exact) mass is 321 g/mol. The second-order valence-electron chi connectivity index (χ2n) is 4.07. The molecule has 0 saturated carbocycles. The van der Waals surface area contributed by atoms with Gasteiger partial charge in [0.15, 0.2) is 0 Å². The maximum Gasteiger partial charge on any atom is 0.252 e. The zero-order valence-corrected chi connectivity index (χ0v) is 12.0. The maximum atomic E-state index is 13.2. The number of alkyl halides is 1. The Morgan fingerprint density at radius 1 is 1.53 bits per heavy atom. The highest BCUT2D eigenvalue weighted by Gasteiger charge is 2.15. The molecule has 0 aliphatic rings. The number of amides is 1. The molecule has 0 aromatic heterocycles. The summed E-state index contributed by atoms with van der Waals surface area (Å²) in [6.07, 6.45) is 0. The molecule has 5 heteroatoms. The average Bonchev–Trinajstić information content (AvgIpc) is 2.29. The van der Waals surface area contributed by atoms with E-state index in [2.05, 4.69) is 21.2 Å². The Bertz CT molecular complexity index is 411. The van der Waals surface area contributed by atoms with Crippen LogP contribution in [0.15, 0.2) is 22.7 Å². The highest BCUT2D eigenvalue weighted by atomic mass is 79.9. The van der Waals surface area contributed by atoms with Gasteiger partial charge in [0.1, 0.15) is 5.82 Å². The van der Waals surface area contributed by atoms with E-state index in [-0.39, 0.29) is 27.2 Å². The minimum Gasteiger partial charge on any atom is -0.351 e. The Morgan fingerprint density at radius 3 is 2.76 bits per heavy atom. The lowest BCUT2D eigenvalue weighted by molar-refractivity contribution is 0.0951. The summed E-state index contributed by atoms with van der Waals surface area (Å²) >= 11 is 9.07. The van der Waals surface area contributed by atoms with Gasteiger partial charge in [0, 0.05) is 6.54 Å². The molecule has 0 radical (unpaired) electrons. The lowest BCUT2D eigenvalue weighted by atomic mass is 10.1. The molecule has 1 aromatic rings. The van der Waals surface area contributed by atoms with Crippen molar-refractivity contribution in [1.29, 1.82) is 0 Å². The van der Waals surface area contributed by atoms with Gasteiger partial charge in [-0.3, -0.25) is 4.79 Å². The van der Waals surface area contributed by atoms with Gasteiger partial charge >= 0.3 is 0 Å². The molecule has 0 spiro atoms. The Kier molecular flexibility index (Phi) is 5.40. The van der Waals surface area contributed by atoms with Crippen molar-refractivity contribution >= 4 is 33.4 Å². The van der Waals surface area contributed by atoms with Crippen molar-refractivity contribution in [3.8, 4) is 0 Å². The minimum absolute atomic E-state index is 0.133. The van der Waals surface area contributed by atoms with Crippen LogP contribution in [-0.2, 0) is 0 Å². The second-order valence-corrected chi connectivity index (χ2v) is 5.42. The quantitative estimate of drug-likeness (QED) is 0.844. The summed E-state index contributed by atoms with van der Waals surface area (Å²) in [6, 6.07) is 4.34. The maximum absolute atomic E-state index is 13.2. The number of benzene rings is 1. The van der Waals surface area contributed by atoms with Crippen LogP contribution in [0.5, 0.6) is 0 Å². The van der Waals surface area contributed by atoms with Crippen molar-refractivity contribution < 1.29 is 9.18 Å². The van der Waals surface area contributed by atoms with Gasteiger partial charge in [-0.25, -0.2) is 4.39 Å². The fourth-order valence-corrected chi connectivity index (χ4v) is 1.72. The Labute approximate surface area is 114 Å². The van der Waals surface area contributed by atoms with Crippen molar-refractivity contribution in [3.05, 3.63) is 34.1 Å². The predicted octanol–water partition coefficient (Wildman–Crippen LogP) is 3.58. The van der Waals surface area contributed by atoms with Crippen molar-refractivity contribution in [2.24, 2.45) is 5.92 Å². The molecule has 1 amide bonds. The van der Waals surface area contributed by atoms with Crippen molar-refractivity contribution in [2.75, 3.05) is 6.54 Å². The summed E-state index contributed by atoms with van der Waals surface area (Å²) < 4.78 is 13.4. The minimum atomic E-state index is -0.455. The smallest absolute Gasteiger partial charge is 0.252 e. The normalized spacial score (nSPS) is 12.6. The largest absolute Gasteiger partial charge is 0.351 e. The first-order valence-corrected chi connectivity index (χ1v) is 6.52. The number of rotatable bonds is 4. The number of nitrogens with one attached hydrogen (secondary N) is 1. The number of hydrogen-bond acceptors (Lipinski definition) is 1. The molecule has 1 atom stereocenters. The first-order chi connectivity index (χ1) is 7.93. The SMILES string of the molecule is CC(C)C(Cl)CNC(=O)c1cccc(F)c1Br. The van der Waals surface area contributed by atoms with Gasteiger partial charge in [0.25, 0.3) is 5.91 Å². The highest BCUT2D eigenvalue weighted by Crippen LogP contribution is 2.20. The standard InChI is InChI=1S/C12H14BrClFNO/c1-7(2)9(14)6-16-12(17)8-4-3-5-10(15)11(8)13/h3-5,7,9H,6H2,1-2H3,(H,16,17). The van der Waals surface area contributed by atoms with E-state index in [4.69, 9.17) is 11.6 Å². The van der Waals surface area contributed by atoms with Gasteiger partial charge < -0.3 is 5.32 Å². The van der Waals surface area contributed by atoms with Crippen LogP contribution in [0.3, 0.4) is 0 Å². The van der Waals surface area contributed by atoms with Crippen LogP contribution in [0.1, 0.15) is 24.2 Å². The number of halogens is 3. The molecule has 0 fully saturated rings.